The van der Waals surface area contributed by atoms with E-state index in [2.05, 4.69) is 221 Å². The molecule has 12 aromatic rings. The van der Waals surface area contributed by atoms with Gasteiger partial charge in [-0.15, -0.1) is 0 Å². The minimum Gasteiger partial charge on any atom is -0.345 e. The zero-order valence-electron chi connectivity index (χ0n) is 34.0. The van der Waals surface area contributed by atoms with Gasteiger partial charge < -0.3 is 14.5 Å². The molecule has 0 aliphatic carbocycles. The fourth-order valence-electron chi connectivity index (χ4n) is 10.4. The number of rotatable bonds is 4. The average molecular weight is 821 g/mol. The van der Waals surface area contributed by atoms with Crippen molar-refractivity contribution in [1.82, 2.24) is 14.5 Å². The van der Waals surface area contributed by atoms with Crippen LogP contribution in [0.1, 0.15) is 11.9 Å². The van der Waals surface area contributed by atoms with Crippen LogP contribution >= 0.6 is 11.8 Å². The molecule has 10 aromatic carbocycles. The fourth-order valence-corrected chi connectivity index (χ4v) is 11.5. The van der Waals surface area contributed by atoms with E-state index >= 15 is 0 Å². The highest BCUT2D eigenvalue weighted by Crippen LogP contribution is 2.42. The Morgan fingerprint density at radius 3 is 2.02 bits per heavy atom. The van der Waals surface area contributed by atoms with Crippen molar-refractivity contribution < 1.29 is 0 Å². The zero-order chi connectivity index (χ0) is 41.2. The highest BCUT2D eigenvalue weighted by Gasteiger charge is 2.27. The second-order valence-electron chi connectivity index (χ2n) is 16.8. The van der Waals surface area contributed by atoms with Gasteiger partial charge >= 0.3 is 0 Å². The molecule has 294 valence electrons. The highest BCUT2D eigenvalue weighted by molar-refractivity contribution is 7.99. The first kappa shape index (κ1) is 34.8. The number of fused-ring (bicyclic) bond motifs is 11. The zero-order valence-corrected chi connectivity index (χ0v) is 34.8. The van der Waals surface area contributed by atoms with E-state index in [1.165, 1.54) is 97.0 Å². The minimum absolute atomic E-state index is 0.316. The third kappa shape index (κ3) is 5.21. The third-order valence-electron chi connectivity index (χ3n) is 13.3. The van der Waals surface area contributed by atoms with Gasteiger partial charge in [-0.05, 0) is 117 Å². The summed E-state index contributed by atoms with van der Waals surface area (Å²) in [5.74, 6) is 0. The van der Waals surface area contributed by atoms with Crippen molar-refractivity contribution in [3.8, 4) is 27.9 Å². The van der Waals surface area contributed by atoms with Crippen LogP contribution < -0.4 is 15.9 Å². The van der Waals surface area contributed by atoms with E-state index in [9.17, 15) is 0 Å². The molecule has 0 bridgehead atoms. The van der Waals surface area contributed by atoms with Crippen molar-refractivity contribution in [2.45, 2.75) is 16.1 Å². The maximum absolute atomic E-state index is 5.40. The van der Waals surface area contributed by atoms with Crippen LogP contribution in [0.15, 0.2) is 221 Å². The number of para-hydroxylation sites is 1. The monoisotopic (exact) mass is 820 g/mol. The van der Waals surface area contributed by atoms with Crippen LogP contribution in [0.5, 0.6) is 0 Å². The summed E-state index contributed by atoms with van der Waals surface area (Å²) in [4.78, 5) is 7.90. The maximum atomic E-state index is 5.40. The Morgan fingerprint density at radius 2 is 1.10 bits per heavy atom. The first-order chi connectivity index (χ1) is 31.2. The molecule has 0 amide bonds. The summed E-state index contributed by atoms with van der Waals surface area (Å²) in [5, 5.41) is 16.0. The summed E-state index contributed by atoms with van der Waals surface area (Å²) in [5.41, 5.74) is 13.1. The van der Waals surface area contributed by atoms with Crippen LogP contribution in [-0.2, 0) is 0 Å². The van der Waals surface area contributed by atoms with E-state index in [0.29, 0.717) is 0 Å². The van der Waals surface area contributed by atoms with Crippen molar-refractivity contribution in [3.63, 3.8) is 0 Å². The van der Waals surface area contributed by atoms with Crippen molar-refractivity contribution in [3.05, 3.63) is 222 Å². The number of aromatic nitrogens is 2. The lowest BCUT2D eigenvalue weighted by Gasteiger charge is -2.29. The predicted octanol–water partition coefficient (Wildman–Crippen LogP) is 13.5. The lowest BCUT2D eigenvalue weighted by atomic mass is 9.99. The van der Waals surface area contributed by atoms with Crippen LogP contribution in [0, 0.1) is 0 Å². The van der Waals surface area contributed by atoms with Gasteiger partial charge in [-0.25, -0.2) is 4.99 Å². The lowest BCUT2D eigenvalue weighted by molar-refractivity contribution is 0.487. The van der Waals surface area contributed by atoms with Crippen LogP contribution in [0.4, 0.5) is 0 Å². The molecule has 1 unspecified atom stereocenters. The Hall–Kier alpha value is -7.86. The molecule has 1 N–H and O–H groups in total. The van der Waals surface area contributed by atoms with Gasteiger partial charge in [0.2, 0.25) is 6.29 Å². The molecule has 2 aliphatic rings. The van der Waals surface area contributed by atoms with E-state index in [0.717, 1.165) is 27.8 Å². The number of nitrogens with zero attached hydrogens (tertiary/aromatic N) is 3. The Morgan fingerprint density at radius 1 is 0.429 bits per heavy atom. The van der Waals surface area contributed by atoms with Gasteiger partial charge in [0.15, 0.2) is 0 Å². The number of hydrogen-bond acceptors (Lipinski definition) is 3. The van der Waals surface area contributed by atoms with Crippen molar-refractivity contribution >= 4 is 82.6 Å². The normalized spacial score (nSPS) is 14.3. The first-order valence-electron chi connectivity index (χ1n) is 21.6. The summed E-state index contributed by atoms with van der Waals surface area (Å²) >= 11 is 1.83. The molecule has 0 saturated heterocycles. The van der Waals surface area contributed by atoms with Gasteiger partial charge in [-0.2, -0.15) is 0 Å². The Bertz CT molecular complexity index is 4050. The van der Waals surface area contributed by atoms with E-state index in [-0.39, 0.29) is 6.29 Å². The first-order valence-corrected chi connectivity index (χ1v) is 22.4. The molecule has 2 aliphatic heterocycles. The third-order valence-corrected chi connectivity index (χ3v) is 14.4. The van der Waals surface area contributed by atoms with E-state index in [1.807, 2.05) is 11.8 Å². The Balaban J connectivity index is 0.927. The summed E-state index contributed by atoms with van der Waals surface area (Å²) in [6.45, 7) is 0. The SMILES string of the molecule is c1ccc(-c2ccc3cc(-n4c5ccc(-c6ccc7c(c6)c6ccccc6n7C6N=c7cccc8c7=C(N6)c6ccccc6S8)cc5c5c6ccccc6ccc54)ccc3c2)cc1. The topological polar surface area (TPSA) is 34.2 Å². The molecule has 0 saturated carbocycles. The van der Waals surface area contributed by atoms with E-state index < -0.39 is 0 Å². The molecular weight excluding hydrogens is 785 g/mol. The predicted molar refractivity (Wildman–Crippen MR) is 262 cm³/mol. The van der Waals surface area contributed by atoms with Crippen molar-refractivity contribution in [2.24, 2.45) is 4.99 Å². The second-order valence-corrected chi connectivity index (χ2v) is 17.8. The molecule has 1 atom stereocenters. The Kier molecular flexibility index (Phi) is 7.36. The molecule has 0 fully saturated rings. The molecule has 63 heavy (non-hydrogen) atoms. The second kappa shape index (κ2) is 13.3. The van der Waals surface area contributed by atoms with Crippen LogP contribution in [0.25, 0.3) is 98.8 Å². The van der Waals surface area contributed by atoms with Gasteiger partial charge in [0.25, 0.3) is 0 Å². The molecular formula is C58H36N4S. The maximum Gasteiger partial charge on any atom is 0.201 e. The van der Waals surface area contributed by atoms with Gasteiger partial charge in [0.05, 0.1) is 33.1 Å². The molecule has 4 nitrogen and oxygen atoms in total. The van der Waals surface area contributed by atoms with Gasteiger partial charge in [0.1, 0.15) is 0 Å². The fraction of sp³-hybridized carbons (Fsp3) is 0.0172. The minimum atomic E-state index is -0.316. The van der Waals surface area contributed by atoms with Crippen molar-refractivity contribution in [2.75, 3.05) is 0 Å². The molecule has 4 heterocycles. The quantitative estimate of drug-likeness (QED) is 0.192. The molecule has 14 rings (SSSR count). The van der Waals surface area contributed by atoms with Crippen LogP contribution in [0.3, 0.4) is 0 Å². The van der Waals surface area contributed by atoms with E-state index in [4.69, 9.17) is 4.99 Å². The molecule has 0 radical (unpaired) electrons. The number of nitrogens with one attached hydrogen (secondary N) is 1. The standard InChI is InChI=1S/C58H36N4S/c1-2-11-35(12-3-1)37-21-22-39-32-42(27-23-38(39)31-37)61-51-29-26-41(34-47(51)55-43-14-5-4-13-36(43)24-30-52(55)61)40-25-28-50-46(33-40)44-15-6-8-18-49(44)62(50)58-59-48-17-10-20-54-56(48)57(60-58)45-16-7-9-19-53(45)63-54/h1-34,58,60H. The summed E-state index contributed by atoms with van der Waals surface area (Å²) < 4.78 is 4.84. The van der Waals surface area contributed by atoms with Gasteiger partial charge in [-0.1, -0.05) is 145 Å². The lowest BCUT2D eigenvalue weighted by Crippen LogP contribution is -2.43. The molecule has 2 aromatic heterocycles. The summed E-state index contributed by atoms with van der Waals surface area (Å²) in [6.07, 6.45) is -0.316. The molecule has 5 heteroatoms. The summed E-state index contributed by atoms with van der Waals surface area (Å²) in [7, 11) is 0. The van der Waals surface area contributed by atoms with Gasteiger partial charge in [-0.3, -0.25) is 0 Å². The van der Waals surface area contributed by atoms with Gasteiger partial charge in [0, 0.05) is 47.8 Å². The average Bonchev–Trinajstić information content (AvgIpc) is 3.86. The van der Waals surface area contributed by atoms with Crippen LogP contribution in [0.2, 0.25) is 0 Å². The summed E-state index contributed by atoms with van der Waals surface area (Å²) in [6, 6.07) is 75.6. The largest absolute Gasteiger partial charge is 0.345 e. The van der Waals surface area contributed by atoms with Crippen LogP contribution in [-0.4, -0.2) is 9.13 Å². The smallest absolute Gasteiger partial charge is 0.201 e. The molecule has 0 spiro atoms. The Labute approximate surface area is 366 Å². The van der Waals surface area contributed by atoms with E-state index in [1.54, 1.807) is 0 Å². The highest BCUT2D eigenvalue weighted by atomic mass is 32.2. The number of hydrogen-bond donors (Lipinski definition) is 1. The van der Waals surface area contributed by atoms with Crippen molar-refractivity contribution in [1.29, 1.82) is 0 Å². The number of benzene rings is 10.